The summed E-state index contributed by atoms with van der Waals surface area (Å²) in [5.74, 6) is 0. The molecule has 0 bridgehead atoms. The molecule has 102 valence electrons. The van der Waals surface area contributed by atoms with Crippen molar-refractivity contribution in [2.24, 2.45) is 5.73 Å². The van der Waals surface area contributed by atoms with Crippen molar-refractivity contribution < 1.29 is 8.42 Å². The molecule has 0 aromatic heterocycles. The number of benzene rings is 1. The first-order chi connectivity index (χ1) is 8.34. The summed E-state index contributed by atoms with van der Waals surface area (Å²) in [6.07, 6.45) is 0.796. The van der Waals surface area contributed by atoms with Gasteiger partial charge in [-0.15, -0.1) is 0 Å². The Morgan fingerprint density at radius 1 is 1.22 bits per heavy atom. The van der Waals surface area contributed by atoms with E-state index < -0.39 is 10.0 Å². The number of hydrogen-bond donors (Lipinski definition) is 1. The van der Waals surface area contributed by atoms with E-state index in [0.717, 1.165) is 23.1 Å². The Morgan fingerprint density at radius 2 is 1.83 bits per heavy atom. The fourth-order valence-electron chi connectivity index (χ4n) is 1.98. The average Bonchev–Trinajstić information content (AvgIpc) is 2.29. The lowest BCUT2D eigenvalue weighted by atomic mass is 10.1. The largest absolute Gasteiger partial charge is 0.326 e. The molecule has 1 aromatic rings. The lowest BCUT2D eigenvalue weighted by molar-refractivity contribution is 0.468. The van der Waals surface area contributed by atoms with Crippen LogP contribution in [0.5, 0.6) is 0 Å². The first-order valence-corrected chi connectivity index (χ1v) is 7.55. The number of sulfonamides is 1. The Morgan fingerprint density at radius 3 is 2.33 bits per heavy atom. The molecule has 18 heavy (non-hydrogen) atoms. The summed E-state index contributed by atoms with van der Waals surface area (Å²) in [5.41, 5.74) is 8.32. The van der Waals surface area contributed by atoms with Gasteiger partial charge in [0.1, 0.15) is 0 Å². The Balaban J connectivity index is 3.32. The lowest BCUT2D eigenvalue weighted by Gasteiger charge is -2.19. The van der Waals surface area contributed by atoms with Gasteiger partial charge in [0.25, 0.3) is 0 Å². The van der Waals surface area contributed by atoms with Crippen LogP contribution in [0.15, 0.2) is 17.0 Å². The molecule has 0 radical (unpaired) electrons. The van der Waals surface area contributed by atoms with Crippen molar-refractivity contribution in [1.82, 2.24) is 4.31 Å². The van der Waals surface area contributed by atoms with E-state index in [4.69, 9.17) is 5.73 Å². The van der Waals surface area contributed by atoms with Crippen LogP contribution in [-0.2, 0) is 16.6 Å². The molecular formula is C13H22N2O2S. The summed E-state index contributed by atoms with van der Waals surface area (Å²) in [7, 11) is -1.79. The standard InChI is InChI=1S/C13H22N2O2S/c1-5-6-15(4)18(16,17)13-8-12(9-14)10(2)7-11(13)3/h7-8H,5-6,9,14H2,1-4H3. The summed E-state index contributed by atoms with van der Waals surface area (Å²) in [5, 5.41) is 0. The highest BCUT2D eigenvalue weighted by molar-refractivity contribution is 7.89. The maximum atomic E-state index is 12.4. The van der Waals surface area contributed by atoms with Crippen molar-refractivity contribution in [2.45, 2.75) is 38.6 Å². The zero-order valence-corrected chi connectivity index (χ0v) is 12.3. The molecular weight excluding hydrogens is 248 g/mol. The summed E-state index contributed by atoms with van der Waals surface area (Å²) < 4.78 is 26.2. The highest BCUT2D eigenvalue weighted by Crippen LogP contribution is 2.23. The van der Waals surface area contributed by atoms with Crippen LogP contribution in [-0.4, -0.2) is 26.3 Å². The molecule has 0 aliphatic rings. The fourth-order valence-corrected chi connectivity index (χ4v) is 3.49. The van der Waals surface area contributed by atoms with E-state index in [0.29, 0.717) is 18.0 Å². The van der Waals surface area contributed by atoms with E-state index in [9.17, 15) is 8.42 Å². The van der Waals surface area contributed by atoms with Crippen molar-refractivity contribution in [3.8, 4) is 0 Å². The van der Waals surface area contributed by atoms with Gasteiger partial charge in [0.15, 0.2) is 0 Å². The Bertz CT molecular complexity index is 524. The number of nitrogens with two attached hydrogens (primary N) is 1. The van der Waals surface area contributed by atoms with E-state index in [1.807, 2.05) is 26.8 Å². The van der Waals surface area contributed by atoms with Gasteiger partial charge in [-0.25, -0.2) is 12.7 Å². The van der Waals surface area contributed by atoms with Crippen LogP contribution in [0.25, 0.3) is 0 Å². The van der Waals surface area contributed by atoms with Crippen molar-refractivity contribution in [3.63, 3.8) is 0 Å². The quantitative estimate of drug-likeness (QED) is 0.887. The van der Waals surface area contributed by atoms with E-state index in [1.165, 1.54) is 4.31 Å². The van der Waals surface area contributed by atoms with E-state index in [2.05, 4.69) is 0 Å². The van der Waals surface area contributed by atoms with Gasteiger partial charge in [-0.2, -0.15) is 0 Å². The Labute approximate surface area is 110 Å². The average molecular weight is 270 g/mol. The molecule has 0 fully saturated rings. The molecule has 1 aromatic carbocycles. The smallest absolute Gasteiger partial charge is 0.243 e. The predicted molar refractivity (Wildman–Crippen MR) is 73.9 cm³/mol. The predicted octanol–water partition coefficient (Wildman–Crippen LogP) is 1.79. The van der Waals surface area contributed by atoms with Gasteiger partial charge in [-0.3, -0.25) is 0 Å². The minimum absolute atomic E-state index is 0.353. The summed E-state index contributed by atoms with van der Waals surface area (Å²) in [6.45, 7) is 6.60. The molecule has 0 spiro atoms. The third-order valence-corrected chi connectivity index (χ3v) is 5.08. The molecule has 0 unspecified atom stereocenters. The number of rotatable bonds is 5. The van der Waals surface area contributed by atoms with Crippen LogP contribution in [0, 0.1) is 13.8 Å². The van der Waals surface area contributed by atoms with Crippen LogP contribution in [0.2, 0.25) is 0 Å². The third kappa shape index (κ3) is 2.91. The molecule has 0 atom stereocenters. The van der Waals surface area contributed by atoms with Gasteiger partial charge in [-0.1, -0.05) is 13.0 Å². The third-order valence-electron chi connectivity index (χ3n) is 3.08. The maximum Gasteiger partial charge on any atom is 0.243 e. The number of hydrogen-bond acceptors (Lipinski definition) is 3. The SMILES string of the molecule is CCCN(C)S(=O)(=O)c1cc(CN)c(C)cc1C. The summed E-state index contributed by atoms with van der Waals surface area (Å²) in [6, 6.07) is 3.58. The molecule has 0 saturated carbocycles. The van der Waals surface area contributed by atoms with Crippen molar-refractivity contribution in [1.29, 1.82) is 0 Å². The zero-order valence-electron chi connectivity index (χ0n) is 11.5. The van der Waals surface area contributed by atoms with Crippen molar-refractivity contribution in [3.05, 3.63) is 28.8 Å². The first kappa shape index (κ1) is 15.1. The topological polar surface area (TPSA) is 63.4 Å². The fraction of sp³-hybridized carbons (Fsp3) is 0.538. The Kier molecular flexibility index (Phi) is 4.90. The molecule has 5 heteroatoms. The van der Waals surface area contributed by atoms with Crippen LogP contribution in [0.1, 0.15) is 30.0 Å². The van der Waals surface area contributed by atoms with Crippen molar-refractivity contribution >= 4 is 10.0 Å². The second-order valence-corrected chi connectivity index (χ2v) is 6.59. The van der Waals surface area contributed by atoms with Gasteiger partial charge < -0.3 is 5.73 Å². The molecule has 0 amide bonds. The molecule has 2 N–H and O–H groups in total. The van der Waals surface area contributed by atoms with Crippen LogP contribution < -0.4 is 5.73 Å². The van der Waals surface area contributed by atoms with Gasteiger partial charge in [0, 0.05) is 20.1 Å². The highest BCUT2D eigenvalue weighted by Gasteiger charge is 2.22. The van der Waals surface area contributed by atoms with Gasteiger partial charge in [0.2, 0.25) is 10.0 Å². The summed E-state index contributed by atoms with van der Waals surface area (Å²) in [4.78, 5) is 0.365. The molecule has 0 aliphatic carbocycles. The van der Waals surface area contributed by atoms with Crippen molar-refractivity contribution in [2.75, 3.05) is 13.6 Å². The number of nitrogens with zero attached hydrogens (tertiary/aromatic N) is 1. The normalized spacial score (nSPS) is 12.1. The van der Waals surface area contributed by atoms with E-state index in [-0.39, 0.29) is 0 Å². The molecule has 0 aliphatic heterocycles. The molecule has 4 nitrogen and oxygen atoms in total. The van der Waals surface area contributed by atoms with Gasteiger partial charge >= 0.3 is 0 Å². The van der Waals surface area contributed by atoms with Crippen LogP contribution in [0.4, 0.5) is 0 Å². The minimum Gasteiger partial charge on any atom is -0.326 e. The highest BCUT2D eigenvalue weighted by atomic mass is 32.2. The summed E-state index contributed by atoms with van der Waals surface area (Å²) >= 11 is 0. The molecule has 1 rings (SSSR count). The van der Waals surface area contributed by atoms with E-state index in [1.54, 1.807) is 13.1 Å². The maximum absolute atomic E-state index is 12.4. The molecule has 0 saturated heterocycles. The van der Waals surface area contributed by atoms with Crippen LogP contribution in [0.3, 0.4) is 0 Å². The van der Waals surface area contributed by atoms with E-state index >= 15 is 0 Å². The first-order valence-electron chi connectivity index (χ1n) is 6.11. The monoisotopic (exact) mass is 270 g/mol. The molecule has 0 heterocycles. The lowest BCUT2D eigenvalue weighted by Crippen LogP contribution is -2.28. The number of aryl methyl sites for hydroxylation is 2. The second-order valence-electron chi connectivity index (χ2n) is 4.57. The Hall–Kier alpha value is -0.910. The second kappa shape index (κ2) is 5.82. The van der Waals surface area contributed by atoms with Crippen LogP contribution >= 0.6 is 0 Å². The van der Waals surface area contributed by atoms with Gasteiger partial charge in [0.05, 0.1) is 4.90 Å². The minimum atomic E-state index is -3.40. The zero-order chi connectivity index (χ0) is 13.9. The van der Waals surface area contributed by atoms with Gasteiger partial charge in [-0.05, 0) is 43.0 Å².